The summed E-state index contributed by atoms with van der Waals surface area (Å²) >= 11 is 0. The number of carbonyl (C=O) groups is 3. The van der Waals surface area contributed by atoms with Crippen molar-refractivity contribution in [1.82, 2.24) is 10.0 Å². The SMILES string of the molecule is CC[C@]1(c2cccc(C)c2)C(=O)N(C(=O)OC)N1C(=O)OC. The molecule has 22 heavy (non-hydrogen) atoms. The van der Waals surface area contributed by atoms with E-state index in [0.717, 1.165) is 17.7 Å². The van der Waals surface area contributed by atoms with Gasteiger partial charge in [0.1, 0.15) is 0 Å². The molecule has 7 heteroatoms. The predicted molar refractivity (Wildman–Crippen MR) is 76.6 cm³/mol. The van der Waals surface area contributed by atoms with Gasteiger partial charge < -0.3 is 9.47 Å². The highest BCUT2D eigenvalue weighted by Gasteiger charge is 2.65. The lowest BCUT2D eigenvalue weighted by molar-refractivity contribution is -0.201. The summed E-state index contributed by atoms with van der Waals surface area (Å²) in [7, 11) is 2.33. The van der Waals surface area contributed by atoms with E-state index in [9.17, 15) is 14.4 Å². The molecule has 0 aromatic heterocycles. The standard InChI is InChI=1S/C15H18N2O5/c1-5-15(11-8-6-7-10(2)9-11)12(18)16(13(19)21-3)17(15)14(20)22-4/h6-9H,5H2,1-4H3/t15-/m0/s1. The molecular formula is C15H18N2O5. The second-order valence-corrected chi connectivity index (χ2v) is 4.95. The number of ether oxygens (including phenoxy) is 2. The van der Waals surface area contributed by atoms with Crippen LogP contribution in [0.3, 0.4) is 0 Å². The molecular weight excluding hydrogens is 288 g/mol. The van der Waals surface area contributed by atoms with Gasteiger partial charge in [-0.2, -0.15) is 5.01 Å². The van der Waals surface area contributed by atoms with Gasteiger partial charge in [-0.15, -0.1) is 5.01 Å². The molecule has 3 amide bonds. The molecule has 0 spiro atoms. The van der Waals surface area contributed by atoms with Gasteiger partial charge in [-0.05, 0) is 18.9 Å². The Morgan fingerprint density at radius 2 is 1.82 bits per heavy atom. The van der Waals surface area contributed by atoms with E-state index in [1.54, 1.807) is 19.1 Å². The third-order valence-corrected chi connectivity index (χ3v) is 3.81. The van der Waals surface area contributed by atoms with E-state index in [2.05, 4.69) is 4.74 Å². The monoisotopic (exact) mass is 306 g/mol. The van der Waals surface area contributed by atoms with Crippen molar-refractivity contribution < 1.29 is 23.9 Å². The quantitative estimate of drug-likeness (QED) is 0.837. The van der Waals surface area contributed by atoms with Crippen molar-refractivity contribution in [2.24, 2.45) is 0 Å². The average molecular weight is 306 g/mol. The first-order valence-electron chi connectivity index (χ1n) is 6.81. The minimum atomic E-state index is -1.26. The molecule has 1 saturated heterocycles. The Labute approximate surface area is 128 Å². The van der Waals surface area contributed by atoms with Crippen LogP contribution in [0.1, 0.15) is 24.5 Å². The van der Waals surface area contributed by atoms with Crippen molar-refractivity contribution in [2.45, 2.75) is 25.8 Å². The topological polar surface area (TPSA) is 76.2 Å². The molecule has 0 N–H and O–H groups in total. The summed E-state index contributed by atoms with van der Waals surface area (Å²) in [6.07, 6.45) is -1.42. The van der Waals surface area contributed by atoms with E-state index in [1.807, 2.05) is 19.1 Å². The van der Waals surface area contributed by atoms with E-state index in [0.29, 0.717) is 17.0 Å². The highest BCUT2D eigenvalue weighted by Crippen LogP contribution is 2.44. The van der Waals surface area contributed by atoms with Crippen molar-refractivity contribution in [1.29, 1.82) is 0 Å². The van der Waals surface area contributed by atoms with Gasteiger partial charge in [0.25, 0.3) is 5.91 Å². The maximum absolute atomic E-state index is 12.6. The van der Waals surface area contributed by atoms with Crippen molar-refractivity contribution in [3.05, 3.63) is 35.4 Å². The molecule has 1 aromatic rings. The maximum Gasteiger partial charge on any atom is 0.436 e. The minimum absolute atomic E-state index is 0.303. The molecule has 1 fully saturated rings. The van der Waals surface area contributed by atoms with Gasteiger partial charge in [-0.3, -0.25) is 4.79 Å². The Bertz CT molecular complexity index is 630. The first-order valence-corrected chi connectivity index (χ1v) is 6.81. The maximum atomic E-state index is 12.6. The molecule has 1 aliphatic heterocycles. The largest absolute Gasteiger partial charge is 0.451 e. The highest BCUT2D eigenvalue weighted by molar-refractivity contribution is 6.06. The van der Waals surface area contributed by atoms with Gasteiger partial charge >= 0.3 is 12.2 Å². The molecule has 1 heterocycles. The summed E-state index contributed by atoms with van der Waals surface area (Å²) in [5, 5.41) is 1.67. The van der Waals surface area contributed by atoms with E-state index in [-0.39, 0.29) is 0 Å². The number of imide groups is 1. The van der Waals surface area contributed by atoms with Crippen molar-refractivity contribution in [2.75, 3.05) is 14.2 Å². The predicted octanol–water partition coefficient (Wildman–Crippen LogP) is 2.19. The smallest absolute Gasteiger partial charge is 0.436 e. The number of rotatable bonds is 2. The van der Waals surface area contributed by atoms with Crippen LogP contribution in [0.2, 0.25) is 0 Å². The zero-order valence-corrected chi connectivity index (χ0v) is 13.0. The van der Waals surface area contributed by atoms with Crippen LogP contribution in [0.4, 0.5) is 9.59 Å². The number of hydrogen-bond donors (Lipinski definition) is 0. The Balaban J connectivity index is 2.56. The van der Waals surface area contributed by atoms with Crippen LogP contribution in [0, 0.1) is 6.92 Å². The van der Waals surface area contributed by atoms with Crippen LogP contribution >= 0.6 is 0 Å². The molecule has 1 aromatic carbocycles. The lowest BCUT2D eigenvalue weighted by Gasteiger charge is -2.54. The third-order valence-electron chi connectivity index (χ3n) is 3.81. The van der Waals surface area contributed by atoms with Crippen molar-refractivity contribution in [3.63, 3.8) is 0 Å². The first-order chi connectivity index (χ1) is 10.4. The lowest BCUT2D eigenvalue weighted by Crippen LogP contribution is -2.77. The molecule has 0 unspecified atom stereocenters. The Morgan fingerprint density at radius 1 is 1.18 bits per heavy atom. The van der Waals surface area contributed by atoms with Crippen LogP contribution in [-0.4, -0.2) is 42.3 Å². The second-order valence-electron chi connectivity index (χ2n) is 4.95. The van der Waals surface area contributed by atoms with Gasteiger partial charge in [0.05, 0.1) is 14.2 Å². The number of methoxy groups -OCH3 is 2. The van der Waals surface area contributed by atoms with Gasteiger partial charge in [-0.1, -0.05) is 36.8 Å². The summed E-state index contributed by atoms with van der Waals surface area (Å²) < 4.78 is 9.29. The zero-order valence-electron chi connectivity index (χ0n) is 13.0. The summed E-state index contributed by atoms with van der Waals surface area (Å²) in [6.45, 7) is 3.65. The number of carbonyl (C=O) groups excluding carboxylic acids is 3. The van der Waals surface area contributed by atoms with Gasteiger partial charge in [0.2, 0.25) is 0 Å². The van der Waals surface area contributed by atoms with E-state index in [4.69, 9.17) is 4.74 Å². The molecule has 118 valence electrons. The number of aryl methyl sites for hydroxylation is 1. The summed E-state index contributed by atoms with van der Waals surface area (Å²) in [4.78, 5) is 36.5. The fraction of sp³-hybridized carbons (Fsp3) is 0.400. The number of hydrogen-bond acceptors (Lipinski definition) is 5. The van der Waals surface area contributed by atoms with Crippen molar-refractivity contribution >= 4 is 18.1 Å². The van der Waals surface area contributed by atoms with Crippen molar-refractivity contribution in [3.8, 4) is 0 Å². The van der Waals surface area contributed by atoms with Crippen LogP contribution in [0.5, 0.6) is 0 Å². The van der Waals surface area contributed by atoms with Gasteiger partial charge in [0.15, 0.2) is 5.54 Å². The van der Waals surface area contributed by atoms with Gasteiger partial charge in [0, 0.05) is 0 Å². The second kappa shape index (κ2) is 5.67. The summed E-state index contributed by atoms with van der Waals surface area (Å²) in [5.41, 5.74) is 0.317. The zero-order chi connectivity index (χ0) is 16.5. The Kier molecular flexibility index (Phi) is 4.07. The molecule has 0 saturated carbocycles. The Hall–Kier alpha value is -2.57. The highest BCUT2D eigenvalue weighted by atomic mass is 16.6. The van der Waals surface area contributed by atoms with Gasteiger partial charge in [-0.25, -0.2) is 9.59 Å². The Morgan fingerprint density at radius 3 is 2.32 bits per heavy atom. The molecule has 2 rings (SSSR count). The fourth-order valence-electron chi connectivity index (χ4n) is 2.71. The normalized spacial score (nSPS) is 20.5. The van der Waals surface area contributed by atoms with Crippen LogP contribution < -0.4 is 0 Å². The number of hydrazine groups is 1. The molecule has 0 radical (unpaired) electrons. The minimum Gasteiger partial charge on any atom is -0.451 e. The average Bonchev–Trinajstić information content (AvgIpc) is 2.52. The number of amides is 3. The lowest BCUT2D eigenvalue weighted by atomic mass is 9.81. The molecule has 7 nitrogen and oxygen atoms in total. The molecule has 1 aliphatic rings. The summed E-state index contributed by atoms with van der Waals surface area (Å²) in [6, 6.07) is 7.24. The third kappa shape index (κ3) is 2.01. The summed E-state index contributed by atoms with van der Waals surface area (Å²) in [5.74, 6) is -0.516. The van der Waals surface area contributed by atoms with E-state index >= 15 is 0 Å². The van der Waals surface area contributed by atoms with E-state index < -0.39 is 23.6 Å². The first kappa shape index (κ1) is 15.8. The van der Waals surface area contributed by atoms with E-state index in [1.165, 1.54) is 7.11 Å². The van der Waals surface area contributed by atoms with Crippen LogP contribution in [-0.2, 0) is 19.8 Å². The molecule has 0 bridgehead atoms. The number of benzene rings is 1. The molecule has 0 aliphatic carbocycles. The van der Waals surface area contributed by atoms with Crippen LogP contribution in [0.15, 0.2) is 24.3 Å². The van der Waals surface area contributed by atoms with Crippen LogP contribution in [0.25, 0.3) is 0 Å². The molecule has 1 atom stereocenters. The number of nitrogens with zero attached hydrogens (tertiary/aromatic N) is 2. The fourth-order valence-corrected chi connectivity index (χ4v) is 2.71.